The standard InChI is InChI=1S/C21H24N2O6/c1-2-27-20(25)13-7-9-23(10-8-13)21(26)29-14-11-16-15-3-6-19(24)22-17(15)4-5-18(16)28-12-14/h3-6,13-14H,2,7-12H2,1H3,(H,22,24). The van der Waals surface area contributed by atoms with Crippen LogP contribution in [0, 0.1) is 5.92 Å². The molecule has 1 aromatic carbocycles. The maximum atomic E-state index is 12.6. The zero-order valence-electron chi connectivity index (χ0n) is 16.3. The molecule has 2 aromatic rings. The molecule has 0 saturated carbocycles. The predicted molar refractivity (Wildman–Crippen MR) is 105 cm³/mol. The second-order valence-corrected chi connectivity index (χ2v) is 7.36. The van der Waals surface area contributed by atoms with Crippen molar-refractivity contribution in [3.05, 3.63) is 40.2 Å². The van der Waals surface area contributed by atoms with Gasteiger partial charge in [-0.25, -0.2) is 4.79 Å². The molecule has 0 spiro atoms. The Morgan fingerprint density at radius 2 is 2.00 bits per heavy atom. The molecule has 0 bridgehead atoms. The lowest BCUT2D eigenvalue weighted by atomic mass is 9.97. The molecular weight excluding hydrogens is 376 g/mol. The maximum absolute atomic E-state index is 12.6. The van der Waals surface area contributed by atoms with Gasteiger partial charge in [-0.1, -0.05) is 0 Å². The Hall–Kier alpha value is -3.03. The van der Waals surface area contributed by atoms with Crippen molar-refractivity contribution in [2.75, 3.05) is 26.3 Å². The number of H-pyrrole nitrogens is 1. The molecular formula is C21H24N2O6. The first-order chi connectivity index (χ1) is 14.0. The Bertz CT molecular complexity index is 977. The van der Waals surface area contributed by atoms with Crippen molar-refractivity contribution in [1.29, 1.82) is 0 Å². The summed E-state index contributed by atoms with van der Waals surface area (Å²) in [6, 6.07) is 6.88. The SMILES string of the molecule is CCOC(=O)C1CCN(C(=O)OC2COc3ccc4[nH]c(=O)ccc4c3C2)CC1. The van der Waals surface area contributed by atoms with E-state index in [9.17, 15) is 14.4 Å². The number of fused-ring (bicyclic) bond motifs is 3. The highest BCUT2D eigenvalue weighted by atomic mass is 16.6. The van der Waals surface area contributed by atoms with Gasteiger partial charge in [-0.15, -0.1) is 0 Å². The van der Waals surface area contributed by atoms with Gasteiger partial charge in [0.15, 0.2) is 0 Å². The first-order valence-electron chi connectivity index (χ1n) is 9.95. The number of nitrogens with one attached hydrogen (secondary N) is 1. The van der Waals surface area contributed by atoms with Crippen LogP contribution < -0.4 is 10.3 Å². The summed E-state index contributed by atoms with van der Waals surface area (Å²) in [6.45, 7) is 3.38. The van der Waals surface area contributed by atoms with Gasteiger partial charge < -0.3 is 24.1 Å². The van der Waals surface area contributed by atoms with Gasteiger partial charge in [-0.2, -0.15) is 0 Å². The van der Waals surface area contributed by atoms with E-state index in [1.54, 1.807) is 17.9 Å². The lowest BCUT2D eigenvalue weighted by Gasteiger charge is -2.32. The van der Waals surface area contributed by atoms with Crippen LogP contribution in [0.15, 0.2) is 29.1 Å². The number of hydrogen-bond acceptors (Lipinski definition) is 6. The Balaban J connectivity index is 1.39. The lowest BCUT2D eigenvalue weighted by Crippen LogP contribution is -2.43. The van der Waals surface area contributed by atoms with Gasteiger partial charge >= 0.3 is 12.1 Å². The molecule has 29 heavy (non-hydrogen) atoms. The van der Waals surface area contributed by atoms with Crippen molar-refractivity contribution >= 4 is 23.0 Å². The molecule has 0 aliphatic carbocycles. The fourth-order valence-corrected chi connectivity index (χ4v) is 3.94. The number of benzene rings is 1. The zero-order valence-corrected chi connectivity index (χ0v) is 16.3. The minimum Gasteiger partial charge on any atom is -0.489 e. The van der Waals surface area contributed by atoms with Crippen LogP contribution in [0.2, 0.25) is 0 Å². The number of rotatable bonds is 3. The lowest BCUT2D eigenvalue weighted by molar-refractivity contribution is -0.149. The van der Waals surface area contributed by atoms with Crippen LogP contribution in [0.4, 0.5) is 4.79 Å². The molecule has 1 aromatic heterocycles. The number of aromatic amines is 1. The fourth-order valence-electron chi connectivity index (χ4n) is 3.94. The number of amides is 1. The monoisotopic (exact) mass is 400 g/mol. The van der Waals surface area contributed by atoms with Crippen LogP contribution in [0.3, 0.4) is 0 Å². The van der Waals surface area contributed by atoms with Crippen LogP contribution in [-0.2, 0) is 20.7 Å². The molecule has 0 radical (unpaired) electrons. The summed E-state index contributed by atoms with van der Waals surface area (Å²) in [5.74, 6) is 0.396. The average Bonchev–Trinajstić information content (AvgIpc) is 2.73. The van der Waals surface area contributed by atoms with Gasteiger partial charge in [-0.05, 0) is 38.0 Å². The van der Waals surface area contributed by atoms with E-state index in [0.29, 0.717) is 39.0 Å². The van der Waals surface area contributed by atoms with E-state index in [1.807, 2.05) is 12.1 Å². The molecule has 8 nitrogen and oxygen atoms in total. The van der Waals surface area contributed by atoms with E-state index >= 15 is 0 Å². The van der Waals surface area contributed by atoms with E-state index in [2.05, 4.69) is 4.98 Å². The Morgan fingerprint density at radius 1 is 1.21 bits per heavy atom. The summed E-state index contributed by atoms with van der Waals surface area (Å²) in [5.41, 5.74) is 1.49. The minimum absolute atomic E-state index is 0.155. The van der Waals surface area contributed by atoms with Crippen molar-refractivity contribution in [2.45, 2.75) is 32.3 Å². The summed E-state index contributed by atoms with van der Waals surface area (Å²) in [7, 11) is 0. The first-order valence-corrected chi connectivity index (χ1v) is 9.95. The number of carbonyl (C=O) groups is 2. The van der Waals surface area contributed by atoms with Crippen LogP contribution in [0.25, 0.3) is 10.9 Å². The molecule has 1 saturated heterocycles. The number of likely N-dealkylation sites (tertiary alicyclic amines) is 1. The third-order valence-electron chi connectivity index (χ3n) is 5.47. The minimum atomic E-state index is -0.407. The first kappa shape index (κ1) is 19.3. The van der Waals surface area contributed by atoms with Gasteiger partial charge in [0.25, 0.3) is 0 Å². The Morgan fingerprint density at radius 3 is 2.76 bits per heavy atom. The number of pyridine rings is 1. The van der Waals surface area contributed by atoms with Gasteiger partial charge in [0.05, 0.1) is 12.5 Å². The number of ether oxygens (including phenoxy) is 3. The third kappa shape index (κ3) is 4.06. The maximum Gasteiger partial charge on any atom is 0.410 e. The van der Waals surface area contributed by atoms with E-state index in [4.69, 9.17) is 14.2 Å². The normalized spacial score (nSPS) is 19.3. The molecule has 154 valence electrons. The highest BCUT2D eigenvalue weighted by molar-refractivity contribution is 5.84. The topological polar surface area (TPSA) is 97.9 Å². The molecule has 3 heterocycles. The average molecular weight is 400 g/mol. The summed E-state index contributed by atoms with van der Waals surface area (Å²) < 4.78 is 16.5. The second kappa shape index (κ2) is 8.14. The molecule has 2 aliphatic heterocycles. The van der Waals surface area contributed by atoms with Gasteiger partial charge in [0.1, 0.15) is 18.5 Å². The van der Waals surface area contributed by atoms with E-state index in [0.717, 1.165) is 22.2 Å². The second-order valence-electron chi connectivity index (χ2n) is 7.36. The molecule has 4 rings (SSSR count). The van der Waals surface area contributed by atoms with Crippen molar-refractivity contribution in [2.24, 2.45) is 5.92 Å². The zero-order chi connectivity index (χ0) is 20.4. The Labute approximate surface area is 167 Å². The van der Waals surface area contributed by atoms with Gasteiger partial charge in [0.2, 0.25) is 5.56 Å². The summed E-state index contributed by atoms with van der Waals surface area (Å²) in [6.07, 6.45) is 0.878. The van der Waals surface area contributed by atoms with Gasteiger partial charge in [0, 0.05) is 42.0 Å². The van der Waals surface area contributed by atoms with Crippen molar-refractivity contribution in [1.82, 2.24) is 9.88 Å². The quantitative estimate of drug-likeness (QED) is 0.794. The van der Waals surface area contributed by atoms with Gasteiger partial charge in [-0.3, -0.25) is 9.59 Å². The molecule has 1 amide bonds. The largest absolute Gasteiger partial charge is 0.489 e. The van der Waals surface area contributed by atoms with E-state index in [1.165, 1.54) is 6.07 Å². The highest BCUT2D eigenvalue weighted by Gasteiger charge is 2.31. The number of aromatic nitrogens is 1. The summed E-state index contributed by atoms with van der Waals surface area (Å²) in [4.78, 5) is 40.4. The molecule has 2 aliphatic rings. The number of nitrogens with zero attached hydrogens (tertiary/aromatic N) is 1. The molecule has 8 heteroatoms. The van der Waals surface area contributed by atoms with Crippen molar-refractivity contribution in [3.63, 3.8) is 0 Å². The molecule has 1 unspecified atom stereocenters. The predicted octanol–water partition coefficient (Wildman–Crippen LogP) is 2.24. The van der Waals surface area contributed by atoms with Crippen LogP contribution in [-0.4, -0.2) is 54.4 Å². The van der Waals surface area contributed by atoms with E-state index < -0.39 is 12.2 Å². The highest BCUT2D eigenvalue weighted by Crippen LogP contribution is 2.32. The number of carbonyl (C=O) groups excluding carboxylic acids is 2. The number of hydrogen-bond donors (Lipinski definition) is 1. The Kier molecular flexibility index (Phi) is 5.42. The summed E-state index contributed by atoms with van der Waals surface area (Å²) >= 11 is 0. The smallest absolute Gasteiger partial charge is 0.410 e. The van der Waals surface area contributed by atoms with Crippen LogP contribution in [0.1, 0.15) is 25.3 Å². The fraction of sp³-hybridized carbons (Fsp3) is 0.476. The third-order valence-corrected chi connectivity index (χ3v) is 5.47. The number of piperidine rings is 1. The molecule has 1 N–H and O–H groups in total. The molecule has 1 atom stereocenters. The molecule has 1 fully saturated rings. The summed E-state index contributed by atoms with van der Waals surface area (Å²) in [5, 5.41) is 0.887. The van der Waals surface area contributed by atoms with E-state index in [-0.39, 0.29) is 24.1 Å². The van der Waals surface area contributed by atoms with Crippen LogP contribution >= 0.6 is 0 Å². The van der Waals surface area contributed by atoms with Crippen molar-refractivity contribution in [3.8, 4) is 5.75 Å². The number of esters is 1. The van der Waals surface area contributed by atoms with Crippen molar-refractivity contribution < 1.29 is 23.8 Å². The van der Waals surface area contributed by atoms with Crippen LogP contribution in [0.5, 0.6) is 5.75 Å².